The van der Waals surface area contributed by atoms with E-state index in [-0.39, 0.29) is 12.3 Å². The van der Waals surface area contributed by atoms with Crippen LogP contribution in [0.2, 0.25) is 0 Å². The van der Waals surface area contributed by atoms with Gasteiger partial charge in [0.2, 0.25) is 5.88 Å². The Labute approximate surface area is 130 Å². The fraction of sp³-hybridized carbons (Fsp3) is 0.357. The molecule has 1 saturated carbocycles. The van der Waals surface area contributed by atoms with E-state index in [2.05, 4.69) is 10.2 Å². The fourth-order valence-electron chi connectivity index (χ4n) is 2.81. The number of hydrogen-bond acceptors (Lipinski definition) is 5. The van der Waals surface area contributed by atoms with Crippen LogP contribution < -0.4 is 4.74 Å². The molecule has 0 unspecified atom stereocenters. The van der Waals surface area contributed by atoms with Crippen molar-refractivity contribution in [2.45, 2.75) is 25.7 Å². The summed E-state index contributed by atoms with van der Waals surface area (Å²) in [6.45, 7) is 1.99. The van der Waals surface area contributed by atoms with Gasteiger partial charge in [0.05, 0.1) is 19.5 Å². The molecule has 1 aliphatic carbocycles. The topological polar surface area (TPSA) is 57.2 Å². The standard InChI is InChI=1S/C14H14FN5OS/c1-8-12(9-3-4-9)14(21-2)20-13(18-8)11(6-17-20)10-5-16-19(7-10)22-15/h5-7,9H,3-4H2,1-2H3. The highest BCUT2D eigenvalue weighted by molar-refractivity contribution is 7.92. The summed E-state index contributed by atoms with van der Waals surface area (Å²) in [6, 6.07) is 0. The van der Waals surface area contributed by atoms with Crippen molar-refractivity contribution >= 4 is 18.0 Å². The van der Waals surface area contributed by atoms with E-state index in [0.717, 1.165) is 32.4 Å². The van der Waals surface area contributed by atoms with Crippen molar-refractivity contribution in [1.29, 1.82) is 0 Å². The van der Waals surface area contributed by atoms with Crippen molar-refractivity contribution in [3.63, 3.8) is 0 Å². The van der Waals surface area contributed by atoms with Gasteiger partial charge in [-0.2, -0.15) is 18.8 Å². The summed E-state index contributed by atoms with van der Waals surface area (Å²) in [5, 5.41) is 8.33. The van der Waals surface area contributed by atoms with E-state index in [1.807, 2.05) is 6.92 Å². The SMILES string of the molecule is COc1c(C2CC2)c(C)nc2c(-c3cnn(SF)c3)cnn12. The molecule has 22 heavy (non-hydrogen) atoms. The molecule has 3 aromatic heterocycles. The van der Waals surface area contributed by atoms with Gasteiger partial charge in [0, 0.05) is 28.6 Å². The summed E-state index contributed by atoms with van der Waals surface area (Å²) in [6.07, 6.45) is 7.26. The van der Waals surface area contributed by atoms with E-state index in [9.17, 15) is 3.89 Å². The number of hydrogen-bond donors (Lipinski definition) is 0. The van der Waals surface area contributed by atoms with Crippen LogP contribution in [-0.2, 0) is 0 Å². The van der Waals surface area contributed by atoms with Crippen molar-refractivity contribution < 1.29 is 8.62 Å². The minimum absolute atomic E-state index is 0.0510. The van der Waals surface area contributed by atoms with Crippen molar-refractivity contribution in [2.24, 2.45) is 0 Å². The van der Waals surface area contributed by atoms with Gasteiger partial charge in [-0.15, -0.1) is 3.89 Å². The quantitative estimate of drug-likeness (QED) is 0.739. The maximum absolute atomic E-state index is 12.6. The lowest BCUT2D eigenvalue weighted by Gasteiger charge is -2.12. The average Bonchev–Trinajstić information content (AvgIpc) is 3.09. The highest BCUT2D eigenvalue weighted by Crippen LogP contribution is 2.46. The van der Waals surface area contributed by atoms with E-state index in [0.29, 0.717) is 11.6 Å². The van der Waals surface area contributed by atoms with Gasteiger partial charge in [0.1, 0.15) is 0 Å². The van der Waals surface area contributed by atoms with Gasteiger partial charge < -0.3 is 4.74 Å². The number of aryl methyl sites for hydroxylation is 1. The first-order chi connectivity index (χ1) is 10.7. The zero-order chi connectivity index (χ0) is 15.3. The molecule has 0 bridgehead atoms. The second kappa shape index (κ2) is 4.98. The Morgan fingerprint density at radius 1 is 1.32 bits per heavy atom. The second-order valence-electron chi connectivity index (χ2n) is 5.39. The number of halogens is 1. The Morgan fingerprint density at radius 2 is 2.14 bits per heavy atom. The molecule has 8 heteroatoms. The molecule has 0 N–H and O–H groups in total. The molecule has 3 aromatic rings. The van der Waals surface area contributed by atoms with Crippen molar-refractivity contribution in [1.82, 2.24) is 23.8 Å². The van der Waals surface area contributed by atoms with Crippen LogP contribution in [0, 0.1) is 6.92 Å². The maximum atomic E-state index is 12.6. The molecule has 0 amide bonds. The zero-order valence-corrected chi connectivity index (χ0v) is 13.0. The smallest absolute Gasteiger partial charge is 0.221 e. The molecular weight excluding hydrogens is 305 g/mol. The van der Waals surface area contributed by atoms with Gasteiger partial charge in [-0.3, -0.25) is 0 Å². The van der Waals surface area contributed by atoms with Crippen molar-refractivity contribution in [3.05, 3.63) is 29.8 Å². The number of methoxy groups -OCH3 is 1. The predicted octanol–water partition coefficient (Wildman–Crippen LogP) is 3.17. The molecule has 1 aliphatic rings. The van der Waals surface area contributed by atoms with E-state index in [1.165, 1.54) is 12.8 Å². The van der Waals surface area contributed by atoms with Gasteiger partial charge in [-0.05, 0) is 25.7 Å². The fourth-order valence-corrected chi connectivity index (χ4v) is 3.05. The summed E-state index contributed by atoms with van der Waals surface area (Å²) in [5.41, 5.74) is 4.37. The first-order valence-corrected chi connectivity index (χ1v) is 7.66. The summed E-state index contributed by atoms with van der Waals surface area (Å²) in [4.78, 5) is 4.70. The first-order valence-electron chi connectivity index (χ1n) is 6.99. The summed E-state index contributed by atoms with van der Waals surface area (Å²) >= 11 is 0.0510. The van der Waals surface area contributed by atoms with Crippen molar-refractivity contribution in [3.8, 4) is 17.0 Å². The lowest BCUT2D eigenvalue weighted by Crippen LogP contribution is -2.05. The Bertz CT molecular complexity index is 854. The van der Waals surface area contributed by atoms with Gasteiger partial charge in [0.15, 0.2) is 18.0 Å². The summed E-state index contributed by atoms with van der Waals surface area (Å²) in [5.74, 6) is 1.26. The summed E-state index contributed by atoms with van der Waals surface area (Å²) in [7, 11) is 1.65. The molecule has 0 spiro atoms. The Morgan fingerprint density at radius 3 is 2.77 bits per heavy atom. The predicted molar refractivity (Wildman–Crippen MR) is 81.6 cm³/mol. The third-order valence-electron chi connectivity index (χ3n) is 3.95. The third kappa shape index (κ3) is 1.98. The maximum Gasteiger partial charge on any atom is 0.221 e. The van der Waals surface area contributed by atoms with Crippen molar-refractivity contribution in [2.75, 3.05) is 7.11 Å². The van der Waals surface area contributed by atoms with Crippen LogP contribution in [0.1, 0.15) is 30.0 Å². The third-order valence-corrected chi connectivity index (χ3v) is 4.29. The van der Waals surface area contributed by atoms with E-state index in [4.69, 9.17) is 9.72 Å². The molecule has 114 valence electrons. The van der Waals surface area contributed by atoms with Gasteiger partial charge in [-0.1, -0.05) is 0 Å². The van der Waals surface area contributed by atoms with Gasteiger partial charge in [-0.25, -0.2) is 4.98 Å². The molecular formula is C14H14FN5OS. The molecule has 6 nitrogen and oxygen atoms in total. The van der Waals surface area contributed by atoms with E-state index < -0.39 is 0 Å². The monoisotopic (exact) mass is 319 g/mol. The van der Waals surface area contributed by atoms with Crippen LogP contribution in [0.25, 0.3) is 16.8 Å². The Balaban J connectivity index is 1.93. The lowest BCUT2D eigenvalue weighted by molar-refractivity contribution is 0.378. The van der Waals surface area contributed by atoms with Crippen LogP contribution >= 0.6 is 12.3 Å². The lowest BCUT2D eigenvalue weighted by atomic mass is 10.1. The minimum Gasteiger partial charge on any atom is -0.481 e. The molecule has 3 heterocycles. The van der Waals surface area contributed by atoms with Gasteiger partial charge >= 0.3 is 0 Å². The molecule has 0 radical (unpaired) electrons. The molecule has 0 aliphatic heterocycles. The number of aromatic nitrogens is 5. The minimum atomic E-state index is 0.0510. The van der Waals surface area contributed by atoms with Crippen LogP contribution in [0.5, 0.6) is 5.88 Å². The summed E-state index contributed by atoms with van der Waals surface area (Å²) < 4.78 is 21.1. The van der Waals surface area contributed by atoms with Crippen LogP contribution in [-0.4, -0.2) is 30.9 Å². The highest BCUT2D eigenvalue weighted by atomic mass is 32.2. The van der Waals surface area contributed by atoms with Crippen LogP contribution in [0.15, 0.2) is 18.6 Å². The molecule has 4 rings (SSSR count). The number of nitrogens with zero attached hydrogens (tertiary/aromatic N) is 5. The van der Waals surface area contributed by atoms with E-state index >= 15 is 0 Å². The zero-order valence-electron chi connectivity index (χ0n) is 12.2. The number of rotatable bonds is 4. The normalized spacial score (nSPS) is 14.7. The average molecular weight is 319 g/mol. The van der Waals surface area contributed by atoms with Crippen LogP contribution in [0.3, 0.4) is 0 Å². The molecule has 0 atom stereocenters. The Kier molecular flexibility index (Phi) is 3.07. The second-order valence-corrected chi connectivity index (χ2v) is 5.90. The molecule has 1 fully saturated rings. The van der Waals surface area contributed by atoms with Gasteiger partial charge in [0.25, 0.3) is 0 Å². The highest BCUT2D eigenvalue weighted by Gasteiger charge is 2.31. The number of fused-ring (bicyclic) bond motifs is 1. The molecule has 0 aromatic carbocycles. The Hall–Kier alpha value is -2.09. The number of ether oxygens (including phenoxy) is 1. The first kappa shape index (κ1) is 13.6. The van der Waals surface area contributed by atoms with Crippen LogP contribution in [0.4, 0.5) is 3.89 Å². The molecule has 0 saturated heterocycles. The largest absolute Gasteiger partial charge is 0.481 e. The van der Waals surface area contributed by atoms with E-state index in [1.54, 1.807) is 30.2 Å².